The molecular weight excluding hydrogens is 224 g/mol. The molecule has 0 radical (unpaired) electrons. The van der Waals surface area contributed by atoms with Crippen LogP contribution in [0.1, 0.15) is 46.0 Å². The highest BCUT2D eigenvalue weighted by molar-refractivity contribution is 5.52. The summed E-state index contributed by atoms with van der Waals surface area (Å²) < 4.78 is 5.56. The van der Waals surface area contributed by atoms with Crippen molar-refractivity contribution in [1.82, 2.24) is 4.98 Å². The van der Waals surface area contributed by atoms with Crippen LogP contribution < -0.4 is 10.1 Å². The molecular formula is C15H24N2O. The third-order valence-corrected chi connectivity index (χ3v) is 3.77. The number of anilines is 1. The van der Waals surface area contributed by atoms with Crippen LogP contribution >= 0.6 is 0 Å². The van der Waals surface area contributed by atoms with Gasteiger partial charge in [-0.05, 0) is 37.8 Å². The summed E-state index contributed by atoms with van der Waals surface area (Å²) in [6.07, 6.45) is 8.34. The van der Waals surface area contributed by atoms with Crippen molar-refractivity contribution >= 4 is 5.69 Å². The third kappa shape index (κ3) is 3.37. The smallest absolute Gasteiger partial charge is 0.237 e. The van der Waals surface area contributed by atoms with Gasteiger partial charge in [0.1, 0.15) is 0 Å². The lowest BCUT2D eigenvalue weighted by molar-refractivity contribution is 0.318. The molecule has 1 fully saturated rings. The van der Waals surface area contributed by atoms with E-state index < -0.39 is 0 Å². The summed E-state index contributed by atoms with van der Waals surface area (Å²) in [5.74, 6) is 1.61. The molecule has 3 heteroatoms. The van der Waals surface area contributed by atoms with Crippen LogP contribution in [0.4, 0.5) is 5.69 Å². The second-order valence-electron chi connectivity index (χ2n) is 5.07. The van der Waals surface area contributed by atoms with Crippen LogP contribution in [-0.2, 0) is 0 Å². The van der Waals surface area contributed by atoms with E-state index in [0.29, 0.717) is 12.6 Å². The van der Waals surface area contributed by atoms with Gasteiger partial charge < -0.3 is 10.1 Å². The molecule has 18 heavy (non-hydrogen) atoms. The van der Waals surface area contributed by atoms with Gasteiger partial charge in [-0.2, -0.15) is 0 Å². The van der Waals surface area contributed by atoms with E-state index in [0.717, 1.165) is 17.5 Å². The lowest BCUT2D eigenvalue weighted by Gasteiger charge is -2.30. The lowest BCUT2D eigenvalue weighted by atomic mass is 9.84. The van der Waals surface area contributed by atoms with Gasteiger partial charge in [0, 0.05) is 12.2 Å². The number of ether oxygens (including phenoxy) is 1. The highest BCUT2D eigenvalue weighted by atomic mass is 16.5. The zero-order valence-electron chi connectivity index (χ0n) is 11.5. The van der Waals surface area contributed by atoms with Crippen molar-refractivity contribution in [3.05, 3.63) is 18.3 Å². The molecule has 0 aromatic carbocycles. The lowest BCUT2D eigenvalue weighted by Crippen LogP contribution is -2.27. The summed E-state index contributed by atoms with van der Waals surface area (Å²) >= 11 is 0. The summed E-state index contributed by atoms with van der Waals surface area (Å²) in [5, 5.41) is 3.61. The molecule has 1 aromatic rings. The molecule has 0 aliphatic heterocycles. The van der Waals surface area contributed by atoms with Crippen molar-refractivity contribution < 1.29 is 4.74 Å². The van der Waals surface area contributed by atoms with Gasteiger partial charge >= 0.3 is 0 Å². The Morgan fingerprint density at radius 3 is 3.06 bits per heavy atom. The monoisotopic (exact) mass is 248 g/mol. The number of rotatable bonds is 5. The molecule has 2 unspecified atom stereocenters. The Balaban J connectivity index is 1.99. The fourth-order valence-corrected chi connectivity index (χ4v) is 2.77. The first-order valence-electron chi connectivity index (χ1n) is 7.17. The number of hydrogen-bond donors (Lipinski definition) is 1. The number of hydrogen-bond acceptors (Lipinski definition) is 3. The minimum Gasteiger partial charge on any atom is -0.476 e. The number of pyridine rings is 1. The quantitative estimate of drug-likeness (QED) is 0.859. The van der Waals surface area contributed by atoms with Crippen molar-refractivity contribution in [1.29, 1.82) is 0 Å². The van der Waals surface area contributed by atoms with Crippen LogP contribution in [0.15, 0.2) is 18.3 Å². The number of nitrogens with zero attached hydrogens (tertiary/aromatic N) is 1. The van der Waals surface area contributed by atoms with Gasteiger partial charge in [0.25, 0.3) is 0 Å². The molecule has 0 spiro atoms. The molecule has 3 nitrogen and oxygen atoms in total. The second-order valence-corrected chi connectivity index (χ2v) is 5.07. The van der Waals surface area contributed by atoms with Crippen molar-refractivity contribution in [2.75, 3.05) is 11.9 Å². The molecule has 2 atom stereocenters. The zero-order chi connectivity index (χ0) is 12.8. The number of nitrogens with one attached hydrogen (secondary N) is 1. The summed E-state index contributed by atoms with van der Waals surface area (Å²) in [7, 11) is 0. The van der Waals surface area contributed by atoms with Gasteiger partial charge in [-0.25, -0.2) is 4.98 Å². The average molecular weight is 248 g/mol. The molecule has 1 aromatic heterocycles. The topological polar surface area (TPSA) is 34.1 Å². The molecule has 1 saturated carbocycles. The maximum Gasteiger partial charge on any atom is 0.237 e. The molecule has 1 N–H and O–H groups in total. The maximum atomic E-state index is 5.56. The normalized spacial score (nSPS) is 23.7. The van der Waals surface area contributed by atoms with Gasteiger partial charge in [0.2, 0.25) is 5.88 Å². The highest BCUT2D eigenvalue weighted by Crippen LogP contribution is 2.30. The predicted octanol–water partition coefficient (Wildman–Crippen LogP) is 3.86. The Kier molecular flexibility index (Phi) is 4.85. The first-order valence-corrected chi connectivity index (χ1v) is 7.17. The van der Waals surface area contributed by atoms with E-state index in [2.05, 4.69) is 23.3 Å². The van der Waals surface area contributed by atoms with Gasteiger partial charge in [-0.3, -0.25) is 0 Å². The maximum absolute atomic E-state index is 5.56. The van der Waals surface area contributed by atoms with E-state index >= 15 is 0 Å². The van der Waals surface area contributed by atoms with E-state index in [4.69, 9.17) is 4.74 Å². The Labute approximate surface area is 110 Å². The summed E-state index contributed by atoms with van der Waals surface area (Å²) in [6.45, 7) is 4.95. The van der Waals surface area contributed by atoms with Crippen molar-refractivity contribution in [3.63, 3.8) is 0 Å². The van der Waals surface area contributed by atoms with E-state index in [-0.39, 0.29) is 0 Å². The molecule has 0 saturated heterocycles. The largest absolute Gasteiger partial charge is 0.476 e. The fourth-order valence-electron chi connectivity index (χ4n) is 2.77. The second kappa shape index (κ2) is 6.62. The standard InChI is InChI=1S/C15H24N2O/c1-3-12-7-5-8-13(11-12)17-14-9-6-10-16-15(14)18-4-2/h6,9-10,12-13,17H,3-5,7-8,11H2,1-2H3. The van der Waals surface area contributed by atoms with Gasteiger partial charge in [0.15, 0.2) is 0 Å². The van der Waals surface area contributed by atoms with Crippen LogP contribution in [-0.4, -0.2) is 17.6 Å². The van der Waals surface area contributed by atoms with Gasteiger partial charge in [-0.1, -0.05) is 26.2 Å². The highest BCUT2D eigenvalue weighted by Gasteiger charge is 2.21. The Bertz CT molecular complexity index is 367. The molecule has 1 heterocycles. The summed E-state index contributed by atoms with van der Waals surface area (Å²) in [4.78, 5) is 4.29. The van der Waals surface area contributed by atoms with Crippen LogP contribution in [0.3, 0.4) is 0 Å². The van der Waals surface area contributed by atoms with Crippen molar-refractivity contribution in [2.24, 2.45) is 5.92 Å². The van der Waals surface area contributed by atoms with Crippen LogP contribution in [0.5, 0.6) is 5.88 Å². The molecule has 0 amide bonds. The Morgan fingerprint density at radius 1 is 1.39 bits per heavy atom. The van der Waals surface area contributed by atoms with E-state index in [1.54, 1.807) is 6.20 Å². The SMILES string of the molecule is CCOc1ncccc1NC1CCCC(CC)C1. The Morgan fingerprint density at radius 2 is 2.28 bits per heavy atom. The first kappa shape index (κ1) is 13.2. The minimum atomic E-state index is 0.576. The van der Waals surface area contributed by atoms with Crippen molar-refractivity contribution in [2.45, 2.75) is 52.0 Å². The van der Waals surface area contributed by atoms with Gasteiger partial charge in [-0.15, -0.1) is 0 Å². The average Bonchev–Trinajstić information content (AvgIpc) is 2.41. The van der Waals surface area contributed by atoms with Crippen LogP contribution in [0.25, 0.3) is 0 Å². The van der Waals surface area contributed by atoms with Gasteiger partial charge in [0.05, 0.1) is 12.3 Å². The molecule has 100 valence electrons. The predicted molar refractivity (Wildman–Crippen MR) is 75.1 cm³/mol. The Hall–Kier alpha value is -1.25. The summed E-state index contributed by atoms with van der Waals surface area (Å²) in [5.41, 5.74) is 1.04. The molecule has 0 bridgehead atoms. The molecule has 2 rings (SSSR count). The number of aromatic nitrogens is 1. The van der Waals surface area contributed by atoms with Crippen LogP contribution in [0, 0.1) is 5.92 Å². The first-order chi connectivity index (χ1) is 8.83. The minimum absolute atomic E-state index is 0.576. The van der Waals surface area contributed by atoms with Crippen molar-refractivity contribution in [3.8, 4) is 5.88 Å². The fraction of sp³-hybridized carbons (Fsp3) is 0.667. The van der Waals surface area contributed by atoms with Crippen LogP contribution in [0.2, 0.25) is 0 Å². The zero-order valence-corrected chi connectivity index (χ0v) is 11.5. The van der Waals surface area contributed by atoms with E-state index in [9.17, 15) is 0 Å². The molecule has 1 aliphatic rings. The van der Waals surface area contributed by atoms with E-state index in [1.807, 2.05) is 13.0 Å². The summed E-state index contributed by atoms with van der Waals surface area (Å²) in [6, 6.07) is 4.60. The molecule has 1 aliphatic carbocycles. The third-order valence-electron chi connectivity index (χ3n) is 3.77. The van der Waals surface area contributed by atoms with E-state index in [1.165, 1.54) is 32.1 Å².